The van der Waals surface area contributed by atoms with Gasteiger partial charge in [0.25, 0.3) is 0 Å². The van der Waals surface area contributed by atoms with Crippen LogP contribution in [0.2, 0.25) is 0 Å². The summed E-state index contributed by atoms with van der Waals surface area (Å²) in [4.78, 5) is 34.5. The summed E-state index contributed by atoms with van der Waals surface area (Å²) in [6.45, 7) is 11.7. The summed E-state index contributed by atoms with van der Waals surface area (Å²) >= 11 is 1.61. The molecule has 1 unspecified atom stereocenters. The second kappa shape index (κ2) is 16.9. The van der Waals surface area contributed by atoms with Crippen molar-refractivity contribution in [2.24, 2.45) is 0 Å². The number of esters is 2. The molecule has 0 amide bonds. The molecule has 0 bridgehead atoms. The molecule has 51 heavy (non-hydrogen) atoms. The predicted octanol–water partition coefficient (Wildman–Crippen LogP) is 9.58. The van der Waals surface area contributed by atoms with Crippen molar-refractivity contribution in [1.82, 2.24) is 15.0 Å². The first kappa shape index (κ1) is 37.4. The fourth-order valence-corrected chi connectivity index (χ4v) is 6.98. The SMILES string of the molecule is C=C(C)CSCc1c(Oc2ccc(F)c(-c3ncc(C(C)(CCCOC(C)=O)c4cccc(CCC(=O)OCC)c4)[nH]3)c2)c(F)cc2[nH]ccc12. The normalized spacial score (nSPS) is 12.4. The van der Waals surface area contributed by atoms with Crippen LogP contribution in [0.25, 0.3) is 22.3 Å². The molecule has 0 saturated carbocycles. The number of H-pyrrole nitrogens is 2. The zero-order valence-corrected chi connectivity index (χ0v) is 30.2. The Morgan fingerprint density at radius 3 is 2.63 bits per heavy atom. The molecule has 0 aliphatic rings. The molecule has 0 fully saturated rings. The van der Waals surface area contributed by atoms with E-state index in [1.54, 1.807) is 31.1 Å². The van der Waals surface area contributed by atoms with Crippen LogP contribution in [-0.4, -0.2) is 45.9 Å². The molecule has 5 aromatic rings. The van der Waals surface area contributed by atoms with Gasteiger partial charge in [-0.2, -0.15) is 11.8 Å². The molecular weight excluding hydrogens is 673 g/mol. The van der Waals surface area contributed by atoms with Gasteiger partial charge in [-0.25, -0.2) is 13.8 Å². The molecule has 8 nitrogen and oxygen atoms in total. The van der Waals surface area contributed by atoms with E-state index in [2.05, 4.69) is 21.5 Å². The van der Waals surface area contributed by atoms with Gasteiger partial charge in [0, 0.05) is 70.9 Å². The maximum Gasteiger partial charge on any atom is 0.306 e. The van der Waals surface area contributed by atoms with Crippen molar-refractivity contribution in [1.29, 1.82) is 0 Å². The third-order valence-corrected chi connectivity index (χ3v) is 9.85. The number of aromatic amines is 2. The van der Waals surface area contributed by atoms with Gasteiger partial charge in [0.1, 0.15) is 17.4 Å². The van der Waals surface area contributed by atoms with Gasteiger partial charge in [-0.1, -0.05) is 36.4 Å². The van der Waals surface area contributed by atoms with Crippen molar-refractivity contribution in [3.05, 3.63) is 113 Å². The second-order valence-electron chi connectivity index (χ2n) is 12.7. The molecule has 11 heteroatoms. The molecule has 0 saturated heterocycles. The number of halogens is 2. The monoisotopic (exact) mass is 715 g/mol. The lowest BCUT2D eigenvalue weighted by molar-refractivity contribution is -0.143. The van der Waals surface area contributed by atoms with E-state index in [-0.39, 0.29) is 47.9 Å². The average molecular weight is 716 g/mol. The molecule has 2 aromatic heterocycles. The number of hydrogen-bond acceptors (Lipinski definition) is 7. The minimum absolute atomic E-state index is 0.0807. The first-order chi connectivity index (χ1) is 24.5. The number of carbonyl (C=O) groups excluding carboxylic acids is 2. The first-order valence-electron chi connectivity index (χ1n) is 16.9. The van der Waals surface area contributed by atoms with Crippen molar-refractivity contribution in [2.45, 2.75) is 64.5 Å². The van der Waals surface area contributed by atoms with E-state index in [1.165, 1.54) is 31.2 Å². The quantitative estimate of drug-likeness (QED) is 0.0561. The van der Waals surface area contributed by atoms with E-state index < -0.39 is 17.0 Å². The number of aryl methyl sites for hydroxylation is 1. The van der Waals surface area contributed by atoms with Gasteiger partial charge in [0.15, 0.2) is 11.6 Å². The molecule has 268 valence electrons. The lowest BCUT2D eigenvalue weighted by atomic mass is 9.75. The maximum absolute atomic E-state index is 15.5. The van der Waals surface area contributed by atoms with E-state index in [4.69, 9.17) is 14.2 Å². The number of rotatable bonds is 17. The van der Waals surface area contributed by atoms with Crippen LogP contribution in [0.15, 0.2) is 79.1 Å². The molecule has 0 aliphatic heterocycles. The van der Waals surface area contributed by atoms with Gasteiger partial charge in [-0.3, -0.25) is 9.59 Å². The molecule has 3 aromatic carbocycles. The topological polar surface area (TPSA) is 106 Å². The molecule has 0 aliphatic carbocycles. The zero-order valence-electron chi connectivity index (χ0n) is 29.4. The van der Waals surface area contributed by atoms with Gasteiger partial charge in [0.05, 0.1) is 18.8 Å². The zero-order chi connectivity index (χ0) is 36.5. The largest absolute Gasteiger partial charge is 0.466 e. The van der Waals surface area contributed by atoms with Crippen LogP contribution in [0.4, 0.5) is 8.78 Å². The Kier molecular flexibility index (Phi) is 12.4. The van der Waals surface area contributed by atoms with E-state index in [1.807, 2.05) is 44.2 Å². The Labute approximate surface area is 301 Å². The predicted molar refractivity (Wildman–Crippen MR) is 197 cm³/mol. The highest BCUT2D eigenvalue weighted by Gasteiger charge is 2.32. The highest BCUT2D eigenvalue weighted by Crippen LogP contribution is 2.40. The number of nitrogens with zero attached hydrogens (tertiary/aromatic N) is 1. The fraction of sp³-hybridized carbons (Fsp3) is 0.325. The molecule has 2 N–H and O–H groups in total. The number of benzene rings is 3. The number of carbonyl (C=O) groups is 2. The average Bonchev–Trinajstić information content (AvgIpc) is 3.78. The number of nitrogens with one attached hydrogen (secondary N) is 2. The van der Waals surface area contributed by atoms with Gasteiger partial charge in [0.2, 0.25) is 0 Å². The van der Waals surface area contributed by atoms with Crippen LogP contribution in [0.3, 0.4) is 0 Å². The van der Waals surface area contributed by atoms with Crippen molar-refractivity contribution in [3.8, 4) is 22.9 Å². The summed E-state index contributed by atoms with van der Waals surface area (Å²) in [6, 6.07) is 15.5. The van der Waals surface area contributed by atoms with Gasteiger partial charge in [-0.05, 0) is 75.4 Å². The lowest BCUT2D eigenvalue weighted by Gasteiger charge is -2.30. The number of hydrogen-bond donors (Lipinski definition) is 2. The minimum atomic E-state index is -0.651. The number of aromatic nitrogens is 3. The highest BCUT2D eigenvalue weighted by atomic mass is 32.2. The molecular formula is C40H43F2N3O5S. The van der Waals surface area contributed by atoms with Gasteiger partial charge in [-0.15, -0.1) is 0 Å². The molecule has 0 radical (unpaired) electrons. The Bertz CT molecular complexity index is 2020. The number of imidazole rings is 1. The number of ether oxygens (including phenoxy) is 3. The van der Waals surface area contributed by atoms with Gasteiger partial charge < -0.3 is 24.2 Å². The van der Waals surface area contributed by atoms with Crippen molar-refractivity contribution in [2.75, 3.05) is 19.0 Å². The van der Waals surface area contributed by atoms with E-state index in [9.17, 15) is 9.59 Å². The summed E-state index contributed by atoms with van der Waals surface area (Å²) in [6.07, 6.45) is 5.32. The summed E-state index contributed by atoms with van der Waals surface area (Å²) < 4.78 is 47.5. The summed E-state index contributed by atoms with van der Waals surface area (Å²) in [7, 11) is 0. The van der Waals surface area contributed by atoms with E-state index in [0.717, 1.165) is 27.8 Å². The Hall–Kier alpha value is -4.90. The second-order valence-corrected chi connectivity index (χ2v) is 13.7. The molecule has 5 rings (SSSR count). The summed E-state index contributed by atoms with van der Waals surface area (Å²) in [5.74, 6) is 0.134. The minimum Gasteiger partial charge on any atom is -0.466 e. The third-order valence-electron chi connectivity index (χ3n) is 8.66. The third kappa shape index (κ3) is 9.26. The Morgan fingerprint density at radius 1 is 1.04 bits per heavy atom. The Balaban J connectivity index is 1.46. The lowest BCUT2D eigenvalue weighted by Crippen LogP contribution is -2.25. The molecule has 1 atom stereocenters. The standard InChI is InChI=1S/C40H43F2N3O5S/c1-6-48-37(47)14-11-27-9-7-10-28(19-27)40(5,16-8-18-49-26(4)46)36-22-44-39(45-36)31-20-29(12-13-33(31)41)50-38-32(24-51-23-25(2)3)30-15-17-43-35(30)21-34(38)42/h7,9-10,12-13,15,17,19-22,43H,2,6,8,11,14,16,18,23-24H2,1,3-5H3,(H,44,45). The summed E-state index contributed by atoms with van der Waals surface area (Å²) in [5.41, 5.74) is 4.50. The van der Waals surface area contributed by atoms with Crippen molar-refractivity contribution < 1.29 is 32.6 Å². The first-order valence-corrected chi connectivity index (χ1v) is 18.1. The van der Waals surface area contributed by atoms with Crippen LogP contribution in [0.5, 0.6) is 11.5 Å². The Morgan fingerprint density at radius 2 is 1.86 bits per heavy atom. The summed E-state index contributed by atoms with van der Waals surface area (Å²) in [5, 5.41) is 0.844. The molecule has 2 heterocycles. The molecule has 0 spiro atoms. The van der Waals surface area contributed by atoms with Crippen LogP contribution in [-0.2, 0) is 36.7 Å². The van der Waals surface area contributed by atoms with Crippen molar-refractivity contribution >= 4 is 34.6 Å². The maximum atomic E-state index is 15.5. The van der Waals surface area contributed by atoms with Crippen LogP contribution >= 0.6 is 11.8 Å². The van der Waals surface area contributed by atoms with E-state index in [0.29, 0.717) is 48.5 Å². The highest BCUT2D eigenvalue weighted by molar-refractivity contribution is 7.98. The number of fused-ring (bicyclic) bond motifs is 1. The van der Waals surface area contributed by atoms with E-state index >= 15 is 8.78 Å². The van der Waals surface area contributed by atoms with Crippen LogP contribution in [0, 0.1) is 11.6 Å². The number of thioether (sulfide) groups is 1. The fourth-order valence-electron chi connectivity index (χ4n) is 6.04. The van der Waals surface area contributed by atoms with Gasteiger partial charge >= 0.3 is 11.9 Å². The van der Waals surface area contributed by atoms with Crippen molar-refractivity contribution in [3.63, 3.8) is 0 Å². The smallest absolute Gasteiger partial charge is 0.306 e. The van der Waals surface area contributed by atoms with Crippen LogP contribution in [0.1, 0.15) is 69.3 Å². The van der Waals surface area contributed by atoms with Crippen LogP contribution < -0.4 is 4.74 Å².